The minimum absolute atomic E-state index is 0.136. The molecule has 2 aromatic carbocycles. The Bertz CT molecular complexity index is 1100. The van der Waals surface area contributed by atoms with Gasteiger partial charge < -0.3 is 15.4 Å². The summed E-state index contributed by atoms with van der Waals surface area (Å²) >= 11 is 1.23. The number of rotatable bonds is 7. The average Bonchev–Trinajstić information content (AvgIpc) is 3.20. The van der Waals surface area contributed by atoms with Gasteiger partial charge in [0.15, 0.2) is 16.7 Å². The van der Waals surface area contributed by atoms with Gasteiger partial charge >= 0.3 is 0 Å². The van der Waals surface area contributed by atoms with Gasteiger partial charge in [0.05, 0.1) is 12.8 Å². The molecule has 2 N–H and O–H groups in total. The van der Waals surface area contributed by atoms with E-state index >= 15 is 0 Å². The van der Waals surface area contributed by atoms with Crippen molar-refractivity contribution in [2.24, 2.45) is 5.92 Å². The molecule has 0 aliphatic rings. The first kappa shape index (κ1) is 22.4. The number of methoxy groups -OCH3 is 1. The summed E-state index contributed by atoms with van der Waals surface area (Å²) in [7, 11) is 1.40. The number of amides is 2. The standard InChI is InChI=1S/C23H24FN3O3S/c1-13(2)20(26-21(28)16-8-6-5-7-14(16)3)22(29)27-23-25-18(12-31-23)15-9-10-19(30-4)17(24)11-15/h5-13,20H,1-4H3,(H,26,28)(H,25,27,29). The Morgan fingerprint density at radius 3 is 2.55 bits per heavy atom. The molecule has 0 saturated carbocycles. The first-order valence-electron chi connectivity index (χ1n) is 9.77. The van der Waals surface area contributed by atoms with Crippen molar-refractivity contribution in [2.45, 2.75) is 26.8 Å². The normalized spacial score (nSPS) is 11.8. The van der Waals surface area contributed by atoms with Crippen molar-refractivity contribution in [3.63, 3.8) is 0 Å². The Morgan fingerprint density at radius 1 is 1.16 bits per heavy atom. The fourth-order valence-corrected chi connectivity index (χ4v) is 3.78. The molecule has 1 atom stereocenters. The fourth-order valence-electron chi connectivity index (χ4n) is 3.05. The van der Waals surface area contributed by atoms with Crippen LogP contribution in [-0.4, -0.2) is 29.9 Å². The first-order chi connectivity index (χ1) is 14.8. The number of ether oxygens (including phenoxy) is 1. The molecule has 0 saturated heterocycles. The number of aromatic nitrogens is 1. The summed E-state index contributed by atoms with van der Waals surface area (Å²) in [6.45, 7) is 5.56. The van der Waals surface area contributed by atoms with E-state index in [1.54, 1.807) is 23.6 Å². The lowest BCUT2D eigenvalue weighted by Crippen LogP contribution is -2.47. The van der Waals surface area contributed by atoms with Crippen LogP contribution in [0.1, 0.15) is 29.8 Å². The number of carbonyl (C=O) groups is 2. The van der Waals surface area contributed by atoms with Gasteiger partial charge in [-0.2, -0.15) is 0 Å². The van der Waals surface area contributed by atoms with Crippen LogP contribution in [0.25, 0.3) is 11.3 Å². The van der Waals surface area contributed by atoms with Crippen molar-refractivity contribution >= 4 is 28.3 Å². The van der Waals surface area contributed by atoms with E-state index in [9.17, 15) is 14.0 Å². The van der Waals surface area contributed by atoms with E-state index in [1.807, 2.05) is 32.9 Å². The van der Waals surface area contributed by atoms with Crippen LogP contribution in [0, 0.1) is 18.7 Å². The number of thiazole rings is 1. The van der Waals surface area contributed by atoms with Crippen LogP contribution in [0.15, 0.2) is 47.8 Å². The summed E-state index contributed by atoms with van der Waals surface area (Å²) < 4.78 is 18.9. The van der Waals surface area contributed by atoms with Gasteiger partial charge in [-0.25, -0.2) is 9.37 Å². The first-order valence-corrected chi connectivity index (χ1v) is 10.6. The molecule has 0 spiro atoms. The number of nitrogens with zero attached hydrogens (tertiary/aromatic N) is 1. The van der Waals surface area contributed by atoms with Gasteiger partial charge in [-0.15, -0.1) is 11.3 Å². The Labute approximate surface area is 184 Å². The Morgan fingerprint density at radius 2 is 1.90 bits per heavy atom. The molecule has 1 heterocycles. The summed E-state index contributed by atoms with van der Waals surface area (Å²) in [4.78, 5) is 29.9. The van der Waals surface area contributed by atoms with Crippen molar-refractivity contribution in [3.05, 3.63) is 64.8 Å². The molecule has 31 heavy (non-hydrogen) atoms. The van der Waals surface area contributed by atoms with Gasteiger partial charge in [-0.3, -0.25) is 9.59 Å². The summed E-state index contributed by atoms with van der Waals surface area (Å²) in [5.74, 6) is -1.14. The highest BCUT2D eigenvalue weighted by molar-refractivity contribution is 7.14. The lowest BCUT2D eigenvalue weighted by atomic mass is 10.0. The second-order valence-electron chi connectivity index (χ2n) is 7.39. The van der Waals surface area contributed by atoms with Crippen molar-refractivity contribution in [2.75, 3.05) is 12.4 Å². The zero-order valence-electron chi connectivity index (χ0n) is 17.7. The number of hydrogen-bond donors (Lipinski definition) is 2. The van der Waals surface area contributed by atoms with E-state index in [0.29, 0.717) is 22.0 Å². The summed E-state index contributed by atoms with van der Waals surface area (Å²) in [5, 5.41) is 7.67. The Hall–Kier alpha value is -3.26. The Balaban J connectivity index is 1.72. The van der Waals surface area contributed by atoms with Crippen molar-refractivity contribution in [1.29, 1.82) is 0 Å². The second-order valence-corrected chi connectivity index (χ2v) is 8.24. The molecule has 1 aromatic heterocycles. The third-order valence-corrected chi connectivity index (χ3v) is 5.57. The third-order valence-electron chi connectivity index (χ3n) is 4.81. The zero-order chi connectivity index (χ0) is 22.5. The van der Waals surface area contributed by atoms with E-state index < -0.39 is 11.9 Å². The van der Waals surface area contributed by atoms with E-state index in [1.165, 1.54) is 30.6 Å². The molecule has 2 amide bonds. The smallest absolute Gasteiger partial charge is 0.252 e. The monoisotopic (exact) mass is 441 g/mol. The van der Waals surface area contributed by atoms with Gasteiger partial charge in [0.1, 0.15) is 6.04 Å². The van der Waals surface area contributed by atoms with E-state index in [4.69, 9.17) is 4.74 Å². The van der Waals surface area contributed by atoms with Gasteiger partial charge in [-0.1, -0.05) is 32.0 Å². The number of aryl methyl sites for hydroxylation is 1. The maximum atomic E-state index is 14.0. The van der Waals surface area contributed by atoms with Crippen LogP contribution in [0.4, 0.5) is 9.52 Å². The zero-order valence-corrected chi connectivity index (χ0v) is 18.5. The van der Waals surface area contributed by atoms with E-state index in [2.05, 4.69) is 15.6 Å². The predicted octanol–water partition coefficient (Wildman–Crippen LogP) is 4.66. The van der Waals surface area contributed by atoms with E-state index in [-0.39, 0.29) is 23.5 Å². The molecule has 8 heteroatoms. The summed E-state index contributed by atoms with van der Waals surface area (Å²) in [6.07, 6.45) is 0. The summed E-state index contributed by atoms with van der Waals surface area (Å²) in [6, 6.07) is 11.0. The maximum absolute atomic E-state index is 14.0. The average molecular weight is 442 g/mol. The number of halogens is 1. The third kappa shape index (κ3) is 5.27. The molecule has 3 rings (SSSR count). The van der Waals surface area contributed by atoms with Gasteiger partial charge in [0, 0.05) is 16.5 Å². The van der Waals surface area contributed by atoms with Gasteiger partial charge in [-0.05, 0) is 42.7 Å². The lowest BCUT2D eigenvalue weighted by Gasteiger charge is -2.21. The Kier molecular flexibility index (Phi) is 7.02. The van der Waals surface area contributed by atoms with Gasteiger partial charge in [0.25, 0.3) is 5.91 Å². The highest BCUT2D eigenvalue weighted by atomic mass is 32.1. The quantitative estimate of drug-likeness (QED) is 0.559. The highest BCUT2D eigenvalue weighted by Gasteiger charge is 2.26. The second kappa shape index (κ2) is 9.70. The molecule has 0 fully saturated rings. The van der Waals surface area contributed by atoms with Gasteiger partial charge in [0.2, 0.25) is 5.91 Å². The predicted molar refractivity (Wildman–Crippen MR) is 120 cm³/mol. The largest absolute Gasteiger partial charge is 0.494 e. The molecule has 0 aliphatic carbocycles. The number of anilines is 1. The molecule has 3 aromatic rings. The molecule has 6 nitrogen and oxygen atoms in total. The molecular weight excluding hydrogens is 417 g/mol. The molecule has 0 bridgehead atoms. The minimum atomic E-state index is -0.738. The molecular formula is C23H24FN3O3S. The lowest BCUT2D eigenvalue weighted by molar-refractivity contribution is -0.118. The van der Waals surface area contributed by atoms with Crippen molar-refractivity contribution in [3.8, 4) is 17.0 Å². The fraction of sp³-hybridized carbons (Fsp3) is 0.261. The van der Waals surface area contributed by atoms with Crippen LogP contribution < -0.4 is 15.4 Å². The molecule has 0 aliphatic heterocycles. The molecule has 1 unspecified atom stereocenters. The summed E-state index contributed by atoms with van der Waals surface area (Å²) in [5.41, 5.74) is 2.47. The van der Waals surface area contributed by atoms with E-state index in [0.717, 1.165) is 5.56 Å². The SMILES string of the molecule is COc1ccc(-c2csc(NC(=O)C(NC(=O)c3ccccc3C)C(C)C)n2)cc1F. The topological polar surface area (TPSA) is 80.3 Å². The maximum Gasteiger partial charge on any atom is 0.252 e. The minimum Gasteiger partial charge on any atom is -0.494 e. The van der Waals surface area contributed by atoms with Crippen molar-refractivity contribution < 1.29 is 18.7 Å². The highest BCUT2D eigenvalue weighted by Crippen LogP contribution is 2.28. The molecule has 0 radical (unpaired) electrons. The van der Waals surface area contributed by atoms with Crippen LogP contribution in [0.2, 0.25) is 0 Å². The number of nitrogens with one attached hydrogen (secondary N) is 2. The van der Waals surface area contributed by atoms with Crippen LogP contribution in [-0.2, 0) is 4.79 Å². The van der Waals surface area contributed by atoms with Crippen LogP contribution >= 0.6 is 11.3 Å². The number of hydrogen-bond acceptors (Lipinski definition) is 5. The van der Waals surface area contributed by atoms with Crippen LogP contribution in [0.5, 0.6) is 5.75 Å². The number of benzene rings is 2. The number of carbonyl (C=O) groups excluding carboxylic acids is 2. The van der Waals surface area contributed by atoms with Crippen LogP contribution in [0.3, 0.4) is 0 Å². The molecule has 162 valence electrons. The van der Waals surface area contributed by atoms with Crippen molar-refractivity contribution in [1.82, 2.24) is 10.3 Å².